The summed E-state index contributed by atoms with van der Waals surface area (Å²) in [5.41, 5.74) is 3.01. The molecule has 7 nitrogen and oxygen atoms in total. The summed E-state index contributed by atoms with van der Waals surface area (Å²) in [4.78, 5) is 21.8. The molecule has 1 aromatic carbocycles. The van der Waals surface area contributed by atoms with Gasteiger partial charge in [-0.2, -0.15) is 5.10 Å². The van der Waals surface area contributed by atoms with Crippen LogP contribution in [0.5, 0.6) is 11.5 Å². The number of phenols is 1. The molecule has 0 aliphatic rings. The van der Waals surface area contributed by atoms with Crippen molar-refractivity contribution in [3.63, 3.8) is 0 Å². The molecule has 3 N–H and O–H groups in total. The zero-order valence-electron chi connectivity index (χ0n) is 12.4. The number of hydrogen-bond donors (Lipinski definition) is 3. The number of hydrazone groups is 1. The van der Waals surface area contributed by atoms with E-state index in [0.29, 0.717) is 37.0 Å². The molecule has 7 heteroatoms. The van der Waals surface area contributed by atoms with E-state index in [1.807, 2.05) is 0 Å². The third-order valence-corrected chi connectivity index (χ3v) is 2.90. The Labute approximate surface area is 128 Å². The normalized spacial score (nSPS) is 10.6. The van der Waals surface area contributed by atoms with Gasteiger partial charge in [0.2, 0.25) is 5.91 Å². The number of carbonyl (C=O) groups excluding carboxylic acids is 1. The smallest absolute Gasteiger partial charge is 0.303 e. The third kappa shape index (κ3) is 6.74. The minimum absolute atomic E-state index is 0.00351. The molecule has 0 saturated heterocycles. The van der Waals surface area contributed by atoms with Crippen LogP contribution in [0.25, 0.3) is 0 Å². The van der Waals surface area contributed by atoms with Crippen LogP contribution in [0.3, 0.4) is 0 Å². The third-order valence-electron chi connectivity index (χ3n) is 2.90. The zero-order valence-corrected chi connectivity index (χ0v) is 12.4. The number of carboxylic acids is 1. The summed E-state index contributed by atoms with van der Waals surface area (Å²) in [6.45, 7) is 0. The van der Waals surface area contributed by atoms with Gasteiger partial charge < -0.3 is 14.9 Å². The van der Waals surface area contributed by atoms with Crippen LogP contribution < -0.4 is 10.2 Å². The molecule has 1 rings (SSSR count). The lowest BCUT2D eigenvalue weighted by Crippen LogP contribution is -2.16. The van der Waals surface area contributed by atoms with Gasteiger partial charge in [-0.3, -0.25) is 9.59 Å². The maximum Gasteiger partial charge on any atom is 0.303 e. The van der Waals surface area contributed by atoms with Gasteiger partial charge in [0.1, 0.15) is 0 Å². The van der Waals surface area contributed by atoms with E-state index >= 15 is 0 Å². The zero-order chi connectivity index (χ0) is 16.4. The van der Waals surface area contributed by atoms with Crippen molar-refractivity contribution in [1.29, 1.82) is 0 Å². The monoisotopic (exact) mass is 308 g/mol. The predicted octanol–water partition coefficient (Wildman–Crippen LogP) is 1.89. The van der Waals surface area contributed by atoms with E-state index in [1.54, 1.807) is 12.1 Å². The van der Waals surface area contributed by atoms with Gasteiger partial charge in [-0.1, -0.05) is 6.42 Å². The van der Waals surface area contributed by atoms with E-state index in [2.05, 4.69) is 10.5 Å². The van der Waals surface area contributed by atoms with Crippen LogP contribution in [-0.4, -0.2) is 35.4 Å². The van der Waals surface area contributed by atoms with Crippen molar-refractivity contribution in [2.45, 2.75) is 32.1 Å². The lowest BCUT2D eigenvalue weighted by molar-refractivity contribution is -0.137. The van der Waals surface area contributed by atoms with Crippen molar-refractivity contribution < 1.29 is 24.5 Å². The number of carbonyl (C=O) groups is 2. The number of benzene rings is 1. The highest BCUT2D eigenvalue weighted by Crippen LogP contribution is 2.25. The van der Waals surface area contributed by atoms with Gasteiger partial charge in [0.15, 0.2) is 11.5 Å². The van der Waals surface area contributed by atoms with Gasteiger partial charge in [-0.15, -0.1) is 0 Å². The Hall–Kier alpha value is -2.57. The Morgan fingerprint density at radius 1 is 1.27 bits per heavy atom. The van der Waals surface area contributed by atoms with Crippen molar-refractivity contribution in [2.24, 2.45) is 5.10 Å². The molecule has 22 heavy (non-hydrogen) atoms. The van der Waals surface area contributed by atoms with Crippen LogP contribution in [0, 0.1) is 0 Å². The molecule has 0 aliphatic heterocycles. The Morgan fingerprint density at radius 3 is 2.64 bits per heavy atom. The van der Waals surface area contributed by atoms with E-state index < -0.39 is 5.97 Å². The molecule has 0 unspecified atom stereocenters. The van der Waals surface area contributed by atoms with Crippen LogP contribution in [0.15, 0.2) is 23.3 Å². The van der Waals surface area contributed by atoms with Crippen LogP contribution in [-0.2, 0) is 9.59 Å². The van der Waals surface area contributed by atoms with E-state index in [4.69, 9.17) is 9.84 Å². The summed E-state index contributed by atoms with van der Waals surface area (Å²) >= 11 is 0. The number of methoxy groups -OCH3 is 1. The van der Waals surface area contributed by atoms with Crippen molar-refractivity contribution in [1.82, 2.24) is 5.43 Å². The SMILES string of the molecule is COc1ccc(/C=N/NC(=O)CCCCCC(=O)O)cc1O. The molecule has 0 bridgehead atoms. The van der Waals surface area contributed by atoms with Crippen LogP contribution in [0.1, 0.15) is 37.7 Å². The maximum atomic E-state index is 11.5. The number of hydrogen-bond acceptors (Lipinski definition) is 5. The van der Waals surface area contributed by atoms with Crippen LogP contribution >= 0.6 is 0 Å². The van der Waals surface area contributed by atoms with E-state index in [1.165, 1.54) is 19.4 Å². The highest BCUT2D eigenvalue weighted by atomic mass is 16.5. The summed E-state index contributed by atoms with van der Waals surface area (Å²) in [6.07, 6.45) is 3.72. The minimum Gasteiger partial charge on any atom is -0.504 e. The van der Waals surface area contributed by atoms with Gasteiger partial charge in [-0.25, -0.2) is 5.43 Å². The first-order valence-corrected chi connectivity index (χ1v) is 6.93. The Morgan fingerprint density at radius 2 is 2.00 bits per heavy atom. The van der Waals surface area contributed by atoms with Crippen molar-refractivity contribution in [3.8, 4) is 11.5 Å². The number of unbranched alkanes of at least 4 members (excludes halogenated alkanes) is 2. The summed E-state index contributed by atoms with van der Waals surface area (Å²) in [6, 6.07) is 4.77. The lowest BCUT2D eigenvalue weighted by atomic mass is 10.1. The van der Waals surface area contributed by atoms with Crippen molar-refractivity contribution in [3.05, 3.63) is 23.8 Å². The summed E-state index contributed by atoms with van der Waals surface area (Å²) in [5, 5.41) is 21.9. The van der Waals surface area contributed by atoms with E-state index in [0.717, 1.165) is 0 Å². The predicted molar refractivity (Wildman–Crippen MR) is 81.1 cm³/mol. The number of phenolic OH excluding ortho intramolecular Hbond substituents is 1. The van der Waals surface area contributed by atoms with Crippen molar-refractivity contribution in [2.75, 3.05) is 7.11 Å². The first-order chi connectivity index (χ1) is 10.5. The molecular weight excluding hydrogens is 288 g/mol. The first kappa shape index (κ1) is 17.5. The van der Waals surface area contributed by atoms with Gasteiger partial charge in [0.05, 0.1) is 13.3 Å². The quantitative estimate of drug-likeness (QED) is 0.367. The largest absolute Gasteiger partial charge is 0.504 e. The van der Waals surface area contributed by atoms with Gasteiger partial charge in [0.25, 0.3) is 0 Å². The molecule has 1 amide bonds. The minimum atomic E-state index is -0.822. The second kappa shape index (κ2) is 9.38. The summed E-state index contributed by atoms with van der Waals surface area (Å²) in [5.74, 6) is -0.695. The Kier molecular flexibility index (Phi) is 7.45. The average molecular weight is 308 g/mol. The lowest BCUT2D eigenvalue weighted by Gasteiger charge is -2.03. The molecule has 120 valence electrons. The average Bonchev–Trinajstić information content (AvgIpc) is 2.47. The Balaban J connectivity index is 2.28. The number of ether oxygens (including phenoxy) is 1. The molecular formula is C15H20N2O5. The molecule has 0 saturated carbocycles. The molecule has 1 aromatic rings. The molecule has 0 spiro atoms. The fraction of sp³-hybridized carbons (Fsp3) is 0.400. The summed E-state index contributed by atoms with van der Waals surface area (Å²) in [7, 11) is 1.46. The number of aliphatic carboxylic acids is 1. The van der Waals surface area contributed by atoms with E-state index in [-0.39, 0.29) is 18.1 Å². The number of aromatic hydroxyl groups is 1. The van der Waals surface area contributed by atoms with Crippen LogP contribution in [0.2, 0.25) is 0 Å². The first-order valence-electron chi connectivity index (χ1n) is 6.93. The number of nitrogens with zero attached hydrogens (tertiary/aromatic N) is 1. The second-order valence-corrected chi connectivity index (χ2v) is 4.68. The summed E-state index contributed by atoms with van der Waals surface area (Å²) < 4.78 is 4.92. The molecule has 0 aromatic heterocycles. The topological polar surface area (TPSA) is 108 Å². The van der Waals surface area contributed by atoms with E-state index in [9.17, 15) is 14.7 Å². The molecule has 0 fully saturated rings. The van der Waals surface area contributed by atoms with Gasteiger partial charge in [-0.05, 0) is 36.6 Å². The Bertz CT molecular complexity index is 543. The van der Waals surface area contributed by atoms with Gasteiger partial charge >= 0.3 is 5.97 Å². The fourth-order valence-corrected chi connectivity index (χ4v) is 1.76. The molecule has 0 aliphatic carbocycles. The highest BCUT2D eigenvalue weighted by Gasteiger charge is 2.02. The number of amides is 1. The van der Waals surface area contributed by atoms with Gasteiger partial charge in [0, 0.05) is 12.8 Å². The van der Waals surface area contributed by atoms with Crippen molar-refractivity contribution >= 4 is 18.1 Å². The fourth-order valence-electron chi connectivity index (χ4n) is 1.76. The maximum absolute atomic E-state index is 11.5. The number of nitrogens with one attached hydrogen (secondary N) is 1. The number of carboxylic acid groups (broad SMARTS) is 1. The second-order valence-electron chi connectivity index (χ2n) is 4.68. The standard InChI is InChI=1S/C15H20N2O5/c1-22-13-8-7-11(9-12(13)18)10-16-17-14(19)5-3-2-4-6-15(20)21/h7-10,18H,2-6H2,1H3,(H,17,19)(H,20,21)/b16-10+. The molecule has 0 radical (unpaired) electrons. The highest BCUT2D eigenvalue weighted by molar-refractivity contribution is 5.83. The van der Waals surface area contributed by atoms with Crippen LogP contribution in [0.4, 0.5) is 0 Å². The molecule has 0 heterocycles. The number of rotatable bonds is 9. The molecule has 0 atom stereocenters.